The number of hydrogen-bond donors (Lipinski definition) is 1. The number of rotatable bonds is 5. The fourth-order valence-electron chi connectivity index (χ4n) is 2.68. The predicted molar refractivity (Wildman–Crippen MR) is 107 cm³/mol. The van der Waals surface area contributed by atoms with Crippen molar-refractivity contribution in [2.75, 3.05) is 17.3 Å². The van der Waals surface area contributed by atoms with Gasteiger partial charge >= 0.3 is 0 Å². The number of para-hydroxylation sites is 1. The van der Waals surface area contributed by atoms with Crippen LogP contribution >= 0.6 is 0 Å². The van der Waals surface area contributed by atoms with E-state index in [0.29, 0.717) is 11.6 Å². The number of carbonyl (C=O) groups excluding carboxylic acids is 1. The number of aromatic nitrogens is 1. The second-order valence-corrected chi connectivity index (χ2v) is 6.53. The third-order valence-electron chi connectivity index (χ3n) is 4.29. The Morgan fingerprint density at radius 3 is 2.31 bits per heavy atom. The first-order chi connectivity index (χ1) is 12.5. The van der Waals surface area contributed by atoms with Gasteiger partial charge in [-0.15, -0.1) is 0 Å². The molecule has 26 heavy (non-hydrogen) atoms. The van der Waals surface area contributed by atoms with Crippen LogP contribution in [0.2, 0.25) is 0 Å². The lowest BCUT2D eigenvalue weighted by atomic mass is 10.0. The Morgan fingerprint density at radius 2 is 1.65 bits per heavy atom. The second-order valence-electron chi connectivity index (χ2n) is 6.53. The zero-order valence-corrected chi connectivity index (χ0v) is 15.3. The summed E-state index contributed by atoms with van der Waals surface area (Å²) in [4.78, 5) is 18.5. The van der Waals surface area contributed by atoms with Gasteiger partial charge in [0.1, 0.15) is 5.69 Å². The van der Waals surface area contributed by atoms with Gasteiger partial charge in [0.05, 0.1) is 0 Å². The van der Waals surface area contributed by atoms with E-state index in [4.69, 9.17) is 0 Å². The van der Waals surface area contributed by atoms with Crippen molar-refractivity contribution >= 4 is 23.0 Å². The first-order valence-electron chi connectivity index (χ1n) is 8.71. The Labute approximate surface area is 154 Å². The van der Waals surface area contributed by atoms with Crippen LogP contribution in [0.3, 0.4) is 0 Å². The molecule has 0 spiro atoms. The van der Waals surface area contributed by atoms with Gasteiger partial charge in [-0.25, -0.2) is 0 Å². The largest absolute Gasteiger partial charge is 0.355 e. The van der Waals surface area contributed by atoms with Crippen molar-refractivity contribution < 1.29 is 4.79 Å². The number of pyridine rings is 1. The topological polar surface area (TPSA) is 45.2 Å². The van der Waals surface area contributed by atoms with Crippen molar-refractivity contribution in [2.24, 2.45) is 0 Å². The standard InChI is InChI=1S/C22H23N3O/c1-16(2)17-9-11-18(12-10-17)24-19-13-14-23-21(15-19)22(26)25(3)20-7-5-4-6-8-20/h4-16H,1-3H3,(H,23,24). The maximum absolute atomic E-state index is 12.7. The highest BCUT2D eigenvalue weighted by molar-refractivity contribution is 6.04. The van der Waals surface area contributed by atoms with E-state index in [1.807, 2.05) is 48.5 Å². The molecular weight excluding hydrogens is 322 g/mol. The molecule has 0 atom stereocenters. The molecule has 0 fully saturated rings. The SMILES string of the molecule is CC(C)c1ccc(Nc2ccnc(C(=O)N(C)c3ccccc3)c2)cc1. The Balaban J connectivity index is 1.76. The van der Waals surface area contributed by atoms with Crippen molar-refractivity contribution in [3.05, 3.63) is 84.2 Å². The summed E-state index contributed by atoms with van der Waals surface area (Å²) in [7, 11) is 1.75. The van der Waals surface area contributed by atoms with Crippen molar-refractivity contribution in [1.29, 1.82) is 0 Å². The zero-order valence-electron chi connectivity index (χ0n) is 15.3. The van der Waals surface area contributed by atoms with Crippen LogP contribution in [0.5, 0.6) is 0 Å². The maximum atomic E-state index is 12.7. The summed E-state index contributed by atoms with van der Waals surface area (Å²) in [6.45, 7) is 4.35. The molecule has 3 aromatic rings. The van der Waals surface area contributed by atoms with Crippen molar-refractivity contribution in [2.45, 2.75) is 19.8 Å². The molecule has 0 saturated heterocycles. The van der Waals surface area contributed by atoms with Gasteiger partial charge in [-0.05, 0) is 47.9 Å². The molecule has 1 amide bonds. The van der Waals surface area contributed by atoms with E-state index in [-0.39, 0.29) is 5.91 Å². The molecule has 0 aliphatic rings. The lowest BCUT2D eigenvalue weighted by Gasteiger charge is -2.17. The molecule has 1 aromatic heterocycles. The van der Waals surface area contributed by atoms with Crippen LogP contribution in [0.4, 0.5) is 17.1 Å². The van der Waals surface area contributed by atoms with Crippen LogP contribution in [-0.2, 0) is 0 Å². The highest BCUT2D eigenvalue weighted by atomic mass is 16.2. The molecular formula is C22H23N3O. The molecule has 0 aliphatic carbocycles. The van der Waals surface area contributed by atoms with Gasteiger partial charge in [-0.3, -0.25) is 9.78 Å². The predicted octanol–water partition coefficient (Wildman–Crippen LogP) is 5.23. The minimum absolute atomic E-state index is 0.144. The summed E-state index contributed by atoms with van der Waals surface area (Å²) >= 11 is 0. The highest BCUT2D eigenvalue weighted by Crippen LogP contribution is 2.21. The summed E-state index contributed by atoms with van der Waals surface area (Å²) in [5.41, 5.74) is 4.35. The van der Waals surface area contributed by atoms with E-state index in [2.05, 4.69) is 36.3 Å². The highest BCUT2D eigenvalue weighted by Gasteiger charge is 2.15. The molecule has 0 unspecified atom stereocenters. The van der Waals surface area contributed by atoms with E-state index in [0.717, 1.165) is 17.1 Å². The van der Waals surface area contributed by atoms with E-state index < -0.39 is 0 Å². The van der Waals surface area contributed by atoms with Gasteiger partial charge in [-0.1, -0.05) is 44.2 Å². The lowest BCUT2D eigenvalue weighted by molar-refractivity contribution is 0.0988. The summed E-state index contributed by atoms with van der Waals surface area (Å²) in [5, 5.41) is 3.33. The Bertz CT molecular complexity index is 873. The van der Waals surface area contributed by atoms with Crippen LogP contribution < -0.4 is 10.2 Å². The van der Waals surface area contributed by atoms with Crippen LogP contribution in [0.25, 0.3) is 0 Å². The molecule has 1 heterocycles. The van der Waals surface area contributed by atoms with Crippen LogP contribution in [0, 0.1) is 0 Å². The molecule has 0 aliphatic heterocycles. The summed E-state index contributed by atoms with van der Waals surface area (Å²) in [6, 6.07) is 21.5. The van der Waals surface area contributed by atoms with Gasteiger partial charge in [0, 0.05) is 30.3 Å². The summed E-state index contributed by atoms with van der Waals surface area (Å²) in [6.07, 6.45) is 1.65. The fraction of sp³-hybridized carbons (Fsp3) is 0.182. The van der Waals surface area contributed by atoms with Gasteiger partial charge in [0.2, 0.25) is 0 Å². The second kappa shape index (κ2) is 7.83. The molecule has 2 aromatic carbocycles. The average Bonchev–Trinajstić information content (AvgIpc) is 2.68. The number of nitrogens with one attached hydrogen (secondary N) is 1. The van der Waals surface area contributed by atoms with Crippen molar-refractivity contribution in [3.63, 3.8) is 0 Å². The zero-order chi connectivity index (χ0) is 18.5. The normalized spacial score (nSPS) is 10.6. The minimum atomic E-state index is -0.144. The number of amides is 1. The minimum Gasteiger partial charge on any atom is -0.355 e. The number of benzene rings is 2. The maximum Gasteiger partial charge on any atom is 0.276 e. The molecule has 4 heteroatoms. The number of hydrogen-bond acceptors (Lipinski definition) is 3. The van der Waals surface area contributed by atoms with E-state index >= 15 is 0 Å². The Hall–Kier alpha value is -3.14. The smallest absolute Gasteiger partial charge is 0.276 e. The number of carbonyl (C=O) groups is 1. The van der Waals surface area contributed by atoms with Gasteiger partial charge in [0.15, 0.2) is 0 Å². The quantitative estimate of drug-likeness (QED) is 0.689. The molecule has 1 N–H and O–H groups in total. The van der Waals surface area contributed by atoms with Crippen LogP contribution in [0.15, 0.2) is 72.9 Å². The molecule has 132 valence electrons. The first kappa shape index (κ1) is 17.7. The average molecular weight is 345 g/mol. The molecule has 4 nitrogen and oxygen atoms in total. The summed E-state index contributed by atoms with van der Waals surface area (Å²) in [5.74, 6) is 0.359. The molecule has 0 radical (unpaired) electrons. The Morgan fingerprint density at radius 1 is 0.962 bits per heavy atom. The Kier molecular flexibility index (Phi) is 5.32. The lowest BCUT2D eigenvalue weighted by Crippen LogP contribution is -2.27. The number of anilines is 3. The molecule has 0 saturated carbocycles. The van der Waals surface area contributed by atoms with E-state index in [1.165, 1.54) is 5.56 Å². The van der Waals surface area contributed by atoms with Gasteiger partial charge < -0.3 is 10.2 Å². The van der Waals surface area contributed by atoms with Crippen molar-refractivity contribution in [3.8, 4) is 0 Å². The third kappa shape index (κ3) is 4.09. The molecule has 3 rings (SSSR count). The number of nitrogens with zero attached hydrogens (tertiary/aromatic N) is 2. The fourth-order valence-corrected chi connectivity index (χ4v) is 2.68. The van der Waals surface area contributed by atoms with E-state index in [9.17, 15) is 4.79 Å². The van der Waals surface area contributed by atoms with Gasteiger partial charge in [-0.2, -0.15) is 0 Å². The first-order valence-corrected chi connectivity index (χ1v) is 8.71. The van der Waals surface area contributed by atoms with E-state index in [1.54, 1.807) is 24.2 Å². The third-order valence-corrected chi connectivity index (χ3v) is 4.29. The monoisotopic (exact) mass is 345 g/mol. The van der Waals surface area contributed by atoms with Gasteiger partial charge in [0.25, 0.3) is 5.91 Å². The van der Waals surface area contributed by atoms with Crippen LogP contribution in [-0.4, -0.2) is 17.9 Å². The van der Waals surface area contributed by atoms with Crippen LogP contribution in [0.1, 0.15) is 35.8 Å². The van der Waals surface area contributed by atoms with Crippen molar-refractivity contribution in [1.82, 2.24) is 4.98 Å². The molecule has 0 bridgehead atoms. The summed E-state index contributed by atoms with van der Waals surface area (Å²) < 4.78 is 0.